The summed E-state index contributed by atoms with van der Waals surface area (Å²) in [5.74, 6) is -2.48. The second-order valence-corrected chi connectivity index (χ2v) is 4.25. The monoisotopic (exact) mass is 302 g/mol. The highest BCUT2D eigenvalue weighted by Crippen LogP contribution is 2.31. The van der Waals surface area contributed by atoms with Crippen LogP contribution in [0.15, 0.2) is 34.7 Å². The van der Waals surface area contributed by atoms with Crippen molar-refractivity contribution in [1.29, 1.82) is 0 Å². The molecule has 0 aliphatic heterocycles. The lowest BCUT2D eigenvalue weighted by Crippen LogP contribution is -2.03. The van der Waals surface area contributed by atoms with Gasteiger partial charge in [-0.25, -0.2) is 4.39 Å². The molecule has 0 fully saturated rings. The summed E-state index contributed by atoms with van der Waals surface area (Å²) in [6.07, 6.45) is -4.59. The molecule has 0 amide bonds. The second-order valence-electron chi connectivity index (χ2n) is 4.25. The first kappa shape index (κ1) is 15.1. The highest BCUT2D eigenvalue weighted by Gasteiger charge is 2.34. The maximum absolute atomic E-state index is 13.5. The van der Waals surface area contributed by atoms with Crippen molar-refractivity contribution in [2.45, 2.75) is 19.7 Å². The number of furan rings is 1. The zero-order valence-corrected chi connectivity index (χ0v) is 10.8. The van der Waals surface area contributed by atoms with Crippen LogP contribution in [-0.4, -0.2) is 5.78 Å². The summed E-state index contributed by atoms with van der Waals surface area (Å²) in [5, 5.41) is 0. The van der Waals surface area contributed by atoms with Crippen molar-refractivity contribution in [2.24, 2.45) is 0 Å². The van der Waals surface area contributed by atoms with Gasteiger partial charge < -0.3 is 9.15 Å². The first-order valence-electron chi connectivity index (χ1n) is 5.86. The largest absolute Gasteiger partial charge is 0.483 e. The molecule has 0 saturated carbocycles. The average molecular weight is 302 g/mol. The van der Waals surface area contributed by atoms with Crippen LogP contribution >= 0.6 is 0 Å². The third kappa shape index (κ3) is 3.62. The van der Waals surface area contributed by atoms with Gasteiger partial charge in [-0.05, 0) is 37.3 Å². The van der Waals surface area contributed by atoms with Crippen LogP contribution in [0.1, 0.15) is 28.8 Å². The van der Waals surface area contributed by atoms with Crippen molar-refractivity contribution in [1.82, 2.24) is 0 Å². The highest BCUT2D eigenvalue weighted by molar-refractivity contribution is 5.94. The maximum atomic E-state index is 13.5. The van der Waals surface area contributed by atoms with Crippen molar-refractivity contribution in [2.75, 3.05) is 0 Å². The van der Waals surface area contributed by atoms with Crippen molar-refractivity contribution < 1.29 is 31.5 Å². The molecular weight excluding hydrogens is 292 g/mol. The van der Waals surface area contributed by atoms with Crippen molar-refractivity contribution >= 4 is 5.78 Å². The number of hydrogen-bond acceptors (Lipinski definition) is 3. The number of carbonyl (C=O) groups is 1. The zero-order valence-electron chi connectivity index (χ0n) is 10.8. The summed E-state index contributed by atoms with van der Waals surface area (Å²) in [6, 6.07) is 5.39. The molecule has 2 aromatic rings. The van der Waals surface area contributed by atoms with E-state index in [1.807, 2.05) is 0 Å². The van der Waals surface area contributed by atoms with Crippen LogP contribution in [0.5, 0.6) is 5.75 Å². The van der Waals surface area contributed by atoms with Crippen LogP contribution < -0.4 is 4.74 Å². The molecule has 1 aromatic heterocycles. The molecule has 7 heteroatoms. The van der Waals surface area contributed by atoms with E-state index in [0.29, 0.717) is 0 Å². The average Bonchev–Trinajstić information content (AvgIpc) is 2.86. The number of alkyl halides is 3. The van der Waals surface area contributed by atoms with E-state index in [1.165, 1.54) is 19.1 Å². The van der Waals surface area contributed by atoms with Crippen molar-refractivity contribution in [3.05, 3.63) is 53.2 Å². The maximum Gasteiger partial charge on any atom is 0.449 e. The van der Waals surface area contributed by atoms with Gasteiger partial charge in [-0.15, -0.1) is 0 Å². The SMILES string of the molecule is CC(=O)c1ccc(F)c(OCc2ccc(C(F)(F)F)o2)c1. The highest BCUT2D eigenvalue weighted by atomic mass is 19.4. The van der Waals surface area contributed by atoms with Crippen LogP contribution in [0.2, 0.25) is 0 Å². The van der Waals surface area contributed by atoms with Gasteiger partial charge in [0, 0.05) is 5.56 Å². The summed E-state index contributed by atoms with van der Waals surface area (Å²) < 4.78 is 60.1. The summed E-state index contributed by atoms with van der Waals surface area (Å²) >= 11 is 0. The third-order valence-electron chi connectivity index (χ3n) is 2.65. The van der Waals surface area contributed by atoms with E-state index in [0.717, 1.165) is 18.2 Å². The van der Waals surface area contributed by atoms with E-state index in [-0.39, 0.29) is 29.5 Å². The van der Waals surface area contributed by atoms with E-state index in [2.05, 4.69) is 4.42 Å². The zero-order chi connectivity index (χ0) is 15.6. The van der Waals surface area contributed by atoms with E-state index >= 15 is 0 Å². The Balaban J connectivity index is 2.11. The first-order chi connectivity index (χ1) is 9.77. The topological polar surface area (TPSA) is 39.4 Å². The molecule has 21 heavy (non-hydrogen) atoms. The van der Waals surface area contributed by atoms with Crippen molar-refractivity contribution in [3.63, 3.8) is 0 Å². The first-order valence-corrected chi connectivity index (χ1v) is 5.86. The standard InChI is InChI=1S/C14H10F4O3/c1-8(19)9-2-4-11(15)12(6-9)20-7-10-3-5-13(21-10)14(16,17)18/h2-6H,7H2,1H3. The van der Waals surface area contributed by atoms with Crippen LogP contribution in [0.4, 0.5) is 17.6 Å². The number of benzene rings is 1. The quantitative estimate of drug-likeness (QED) is 0.627. The minimum Gasteiger partial charge on any atom is -0.483 e. The number of Topliss-reactive ketones (excluding diaryl/α,β-unsaturated/α-hetero) is 1. The third-order valence-corrected chi connectivity index (χ3v) is 2.65. The smallest absolute Gasteiger partial charge is 0.449 e. The molecule has 2 rings (SSSR count). The van der Waals surface area contributed by atoms with Gasteiger partial charge in [0.2, 0.25) is 5.76 Å². The van der Waals surface area contributed by atoms with Gasteiger partial charge >= 0.3 is 6.18 Å². The molecular formula is C14H10F4O3. The molecule has 0 bridgehead atoms. The van der Waals surface area contributed by atoms with E-state index < -0.39 is 17.8 Å². The number of hydrogen-bond donors (Lipinski definition) is 0. The number of rotatable bonds is 4. The molecule has 0 radical (unpaired) electrons. The van der Waals surface area contributed by atoms with Gasteiger partial charge in [0.15, 0.2) is 17.3 Å². The summed E-state index contributed by atoms with van der Waals surface area (Å²) in [4.78, 5) is 11.2. The van der Waals surface area contributed by atoms with E-state index in [9.17, 15) is 22.4 Å². The molecule has 0 unspecified atom stereocenters. The summed E-state index contributed by atoms with van der Waals surface area (Å²) in [7, 11) is 0. The normalized spacial score (nSPS) is 11.5. The van der Waals surface area contributed by atoms with E-state index in [4.69, 9.17) is 4.74 Å². The fourth-order valence-corrected chi connectivity index (χ4v) is 1.59. The Bertz CT molecular complexity index is 658. The predicted molar refractivity (Wildman–Crippen MR) is 64.4 cm³/mol. The molecule has 0 atom stereocenters. The molecule has 0 aliphatic carbocycles. The molecule has 1 aromatic carbocycles. The fourth-order valence-electron chi connectivity index (χ4n) is 1.59. The fraction of sp³-hybridized carbons (Fsp3) is 0.214. The van der Waals surface area contributed by atoms with Gasteiger partial charge in [0.1, 0.15) is 12.4 Å². The molecule has 1 heterocycles. The predicted octanol–water partition coefficient (Wildman–Crippen LogP) is 4.22. The lowest BCUT2D eigenvalue weighted by Gasteiger charge is -2.07. The lowest BCUT2D eigenvalue weighted by molar-refractivity contribution is -0.153. The number of ether oxygens (including phenoxy) is 1. The Hall–Kier alpha value is -2.31. The summed E-state index contributed by atoms with van der Waals surface area (Å²) in [5.41, 5.74) is 0.238. The van der Waals surface area contributed by atoms with Crippen LogP contribution in [0.25, 0.3) is 0 Å². The molecule has 0 spiro atoms. The Morgan fingerprint density at radius 2 is 1.95 bits per heavy atom. The minimum atomic E-state index is -4.59. The Labute approximate surface area is 117 Å². The molecule has 0 N–H and O–H groups in total. The Kier molecular flexibility index (Phi) is 4.02. The Morgan fingerprint density at radius 3 is 2.52 bits per heavy atom. The molecule has 0 aliphatic rings. The van der Waals surface area contributed by atoms with Gasteiger partial charge in [0.05, 0.1) is 0 Å². The minimum absolute atomic E-state index is 0.102. The second kappa shape index (κ2) is 5.59. The lowest BCUT2D eigenvalue weighted by atomic mass is 10.1. The molecule has 112 valence electrons. The van der Waals surface area contributed by atoms with Gasteiger partial charge in [-0.2, -0.15) is 13.2 Å². The number of halogens is 4. The number of carbonyl (C=O) groups excluding carboxylic acids is 1. The number of ketones is 1. The van der Waals surface area contributed by atoms with Gasteiger partial charge in [-0.3, -0.25) is 4.79 Å². The van der Waals surface area contributed by atoms with Crippen LogP contribution in [0.3, 0.4) is 0 Å². The van der Waals surface area contributed by atoms with Gasteiger partial charge in [0.25, 0.3) is 0 Å². The van der Waals surface area contributed by atoms with Crippen molar-refractivity contribution in [3.8, 4) is 5.75 Å². The van der Waals surface area contributed by atoms with Crippen LogP contribution in [-0.2, 0) is 12.8 Å². The van der Waals surface area contributed by atoms with Gasteiger partial charge in [-0.1, -0.05) is 0 Å². The Morgan fingerprint density at radius 1 is 1.24 bits per heavy atom. The van der Waals surface area contributed by atoms with E-state index in [1.54, 1.807) is 0 Å². The molecule has 3 nitrogen and oxygen atoms in total. The molecule has 0 saturated heterocycles. The van der Waals surface area contributed by atoms with Crippen LogP contribution in [0, 0.1) is 5.82 Å². The summed E-state index contributed by atoms with van der Waals surface area (Å²) in [6.45, 7) is 0.924.